The number of benzene rings is 1. The summed E-state index contributed by atoms with van der Waals surface area (Å²) in [6, 6.07) is 10.2. The van der Waals surface area contributed by atoms with Gasteiger partial charge in [0.25, 0.3) is 0 Å². The Morgan fingerprint density at radius 3 is 2.38 bits per heavy atom. The summed E-state index contributed by atoms with van der Waals surface area (Å²) >= 11 is 0. The monoisotopic (exact) mass is 288 g/mol. The second-order valence-corrected chi connectivity index (χ2v) is 6.30. The molecule has 1 saturated heterocycles. The van der Waals surface area contributed by atoms with Gasteiger partial charge in [-0.05, 0) is 24.3 Å². The minimum absolute atomic E-state index is 0.138. The molecule has 1 aliphatic rings. The van der Waals surface area contributed by atoms with Crippen LogP contribution < -0.4 is 5.32 Å². The summed E-state index contributed by atoms with van der Waals surface area (Å²) in [5.41, 5.74) is 1.07. The van der Waals surface area contributed by atoms with Crippen LogP contribution in [-0.2, 0) is 4.79 Å². The molecule has 1 amide bonds. The molecular weight excluding hydrogens is 260 g/mol. The third kappa shape index (κ3) is 3.29. The predicted octanol–water partition coefficient (Wildman–Crippen LogP) is 3.72. The summed E-state index contributed by atoms with van der Waals surface area (Å²) < 4.78 is 0. The van der Waals surface area contributed by atoms with Crippen LogP contribution in [0.3, 0.4) is 0 Å². The number of amides is 1. The first kappa shape index (κ1) is 16.0. The maximum atomic E-state index is 13.0. The fraction of sp³-hybridized carbons (Fsp3) is 0.611. The number of carbonyl (C=O) groups excluding carboxylic acids is 1. The molecule has 0 bridgehead atoms. The minimum atomic E-state index is -0.190. The number of nitrogens with zero attached hydrogens (tertiary/aromatic N) is 1. The lowest BCUT2D eigenvalue weighted by Crippen LogP contribution is -2.47. The molecule has 1 aromatic rings. The molecule has 3 nitrogen and oxygen atoms in total. The minimum Gasteiger partial charge on any atom is -0.322 e. The van der Waals surface area contributed by atoms with E-state index in [-0.39, 0.29) is 18.1 Å². The van der Waals surface area contributed by atoms with Crippen molar-refractivity contribution in [2.45, 2.75) is 65.2 Å². The van der Waals surface area contributed by atoms with Crippen molar-refractivity contribution in [1.82, 2.24) is 10.2 Å². The lowest BCUT2D eigenvalue weighted by Gasteiger charge is -2.34. The topological polar surface area (TPSA) is 32.3 Å². The zero-order valence-corrected chi connectivity index (χ0v) is 13.7. The van der Waals surface area contributed by atoms with Crippen molar-refractivity contribution in [3.05, 3.63) is 35.9 Å². The Labute approximate surface area is 128 Å². The van der Waals surface area contributed by atoms with Crippen LogP contribution in [0.25, 0.3) is 0 Å². The lowest BCUT2D eigenvalue weighted by atomic mass is 10.0. The van der Waals surface area contributed by atoms with Gasteiger partial charge in [-0.2, -0.15) is 0 Å². The molecule has 0 aromatic heterocycles. The van der Waals surface area contributed by atoms with Crippen molar-refractivity contribution in [2.24, 2.45) is 5.92 Å². The van der Waals surface area contributed by atoms with E-state index in [0.29, 0.717) is 12.0 Å². The van der Waals surface area contributed by atoms with Gasteiger partial charge in [0, 0.05) is 6.04 Å². The molecule has 3 unspecified atom stereocenters. The van der Waals surface area contributed by atoms with E-state index >= 15 is 0 Å². The number of nitrogens with one attached hydrogen (secondary N) is 1. The van der Waals surface area contributed by atoms with Crippen LogP contribution in [0.1, 0.15) is 58.6 Å². The average Bonchev–Trinajstić information content (AvgIpc) is 2.83. The normalized spacial score (nSPS) is 23.9. The molecule has 1 N–H and O–H groups in total. The molecule has 1 aliphatic heterocycles. The molecular formula is C18H28N2O. The first-order chi connectivity index (χ1) is 10.1. The van der Waals surface area contributed by atoms with Gasteiger partial charge in [-0.1, -0.05) is 64.4 Å². The second-order valence-electron chi connectivity index (χ2n) is 6.30. The molecule has 0 spiro atoms. The van der Waals surface area contributed by atoms with Gasteiger partial charge in [0.15, 0.2) is 0 Å². The Morgan fingerprint density at radius 2 is 1.86 bits per heavy atom. The second kappa shape index (κ2) is 7.08. The van der Waals surface area contributed by atoms with Gasteiger partial charge in [-0.15, -0.1) is 0 Å². The number of rotatable bonds is 6. The molecule has 0 radical (unpaired) electrons. The van der Waals surface area contributed by atoms with Crippen LogP contribution in [0.15, 0.2) is 30.3 Å². The molecule has 0 saturated carbocycles. The van der Waals surface area contributed by atoms with E-state index in [4.69, 9.17) is 0 Å². The van der Waals surface area contributed by atoms with E-state index in [1.54, 1.807) is 0 Å². The van der Waals surface area contributed by atoms with Crippen LogP contribution in [0.2, 0.25) is 0 Å². The number of hydrogen-bond acceptors (Lipinski definition) is 2. The summed E-state index contributed by atoms with van der Waals surface area (Å²) in [7, 11) is 0. The van der Waals surface area contributed by atoms with E-state index in [1.807, 2.05) is 30.3 Å². The van der Waals surface area contributed by atoms with Crippen LogP contribution in [0.4, 0.5) is 0 Å². The highest BCUT2D eigenvalue weighted by molar-refractivity contribution is 5.86. The molecule has 1 aromatic carbocycles. The van der Waals surface area contributed by atoms with Crippen LogP contribution >= 0.6 is 0 Å². The first-order valence-corrected chi connectivity index (χ1v) is 8.23. The Balaban J connectivity index is 2.28. The highest BCUT2D eigenvalue weighted by atomic mass is 16.2. The predicted molar refractivity (Wildman–Crippen MR) is 86.8 cm³/mol. The summed E-state index contributed by atoms with van der Waals surface area (Å²) in [5, 5.41) is 3.56. The van der Waals surface area contributed by atoms with Crippen molar-refractivity contribution in [3.8, 4) is 0 Å². The fourth-order valence-corrected chi connectivity index (χ4v) is 3.29. The molecule has 1 fully saturated rings. The van der Waals surface area contributed by atoms with Crippen LogP contribution in [0, 0.1) is 5.92 Å². The average molecular weight is 288 g/mol. The van der Waals surface area contributed by atoms with Crippen molar-refractivity contribution in [2.75, 3.05) is 0 Å². The molecule has 21 heavy (non-hydrogen) atoms. The Kier molecular flexibility index (Phi) is 5.40. The van der Waals surface area contributed by atoms with Gasteiger partial charge in [-0.25, -0.2) is 0 Å². The zero-order chi connectivity index (χ0) is 15.4. The van der Waals surface area contributed by atoms with Crippen LogP contribution in [0.5, 0.6) is 0 Å². The molecule has 3 atom stereocenters. The molecule has 3 heteroatoms. The Hall–Kier alpha value is -1.35. The van der Waals surface area contributed by atoms with E-state index in [2.05, 4.69) is 37.9 Å². The maximum absolute atomic E-state index is 13.0. The van der Waals surface area contributed by atoms with Gasteiger partial charge in [-0.3, -0.25) is 10.1 Å². The third-order valence-corrected chi connectivity index (χ3v) is 4.39. The third-order valence-electron chi connectivity index (χ3n) is 4.39. The van der Waals surface area contributed by atoms with Crippen molar-refractivity contribution in [1.29, 1.82) is 0 Å². The quantitative estimate of drug-likeness (QED) is 0.865. The molecule has 116 valence electrons. The highest BCUT2D eigenvalue weighted by Crippen LogP contribution is 2.31. The van der Waals surface area contributed by atoms with Gasteiger partial charge in [0.1, 0.15) is 6.04 Å². The zero-order valence-electron chi connectivity index (χ0n) is 13.7. The van der Waals surface area contributed by atoms with Crippen molar-refractivity contribution in [3.63, 3.8) is 0 Å². The number of carbonyl (C=O) groups is 1. The lowest BCUT2D eigenvalue weighted by molar-refractivity contribution is -0.133. The van der Waals surface area contributed by atoms with E-state index < -0.39 is 0 Å². The van der Waals surface area contributed by atoms with E-state index in [1.165, 1.54) is 0 Å². The van der Waals surface area contributed by atoms with Crippen molar-refractivity contribution >= 4 is 5.91 Å². The summed E-state index contributed by atoms with van der Waals surface area (Å²) in [5.74, 6) is 0.647. The fourth-order valence-electron chi connectivity index (χ4n) is 3.29. The smallest absolute Gasteiger partial charge is 0.245 e. The van der Waals surface area contributed by atoms with Gasteiger partial charge in [0.2, 0.25) is 5.91 Å². The highest BCUT2D eigenvalue weighted by Gasteiger charge is 2.43. The van der Waals surface area contributed by atoms with Crippen molar-refractivity contribution < 1.29 is 4.79 Å². The molecule has 0 aliphatic carbocycles. The van der Waals surface area contributed by atoms with E-state index in [0.717, 1.165) is 24.8 Å². The first-order valence-electron chi connectivity index (χ1n) is 8.23. The SMILES string of the molecule is CCCC(CC)N1C(=O)C(c2ccccc2)NC1C(C)C. The number of hydrogen-bond donors (Lipinski definition) is 1. The molecule has 1 heterocycles. The summed E-state index contributed by atoms with van der Waals surface area (Å²) in [4.78, 5) is 15.1. The molecule has 2 rings (SSSR count). The van der Waals surface area contributed by atoms with Crippen LogP contribution in [-0.4, -0.2) is 23.0 Å². The Bertz CT molecular complexity index is 458. The summed E-state index contributed by atoms with van der Waals surface area (Å²) in [6.45, 7) is 8.74. The largest absolute Gasteiger partial charge is 0.322 e. The standard InChI is InChI=1S/C18H28N2O/c1-5-10-15(6-2)20-17(13(3)4)19-16(18(20)21)14-11-8-7-9-12-14/h7-9,11-13,15-17,19H,5-6,10H2,1-4H3. The summed E-state index contributed by atoms with van der Waals surface area (Å²) in [6.07, 6.45) is 3.35. The van der Waals surface area contributed by atoms with Gasteiger partial charge in [0.05, 0.1) is 6.17 Å². The van der Waals surface area contributed by atoms with E-state index in [9.17, 15) is 4.79 Å². The maximum Gasteiger partial charge on any atom is 0.245 e. The van der Waals surface area contributed by atoms with Gasteiger partial charge < -0.3 is 4.90 Å². The van der Waals surface area contributed by atoms with Gasteiger partial charge >= 0.3 is 0 Å². The Morgan fingerprint density at radius 1 is 1.19 bits per heavy atom.